The van der Waals surface area contributed by atoms with E-state index in [0.29, 0.717) is 6.42 Å². The van der Waals surface area contributed by atoms with Crippen molar-refractivity contribution in [3.63, 3.8) is 0 Å². The fraction of sp³-hybridized carbons (Fsp3) is 0.556. The molecule has 1 aliphatic rings. The van der Waals surface area contributed by atoms with Crippen molar-refractivity contribution in [1.82, 2.24) is 4.90 Å². The molecule has 0 radical (unpaired) electrons. The van der Waals surface area contributed by atoms with Crippen LogP contribution in [0.2, 0.25) is 0 Å². The molecule has 0 N–H and O–H groups in total. The van der Waals surface area contributed by atoms with Crippen LogP contribution in [0.1, 0.15) is 26.7 Å². The maximum atomic E-state index is 11.0. The van der Waals surface area contributed by atoms with Gasteiger partial charge in [-0.1, -0.05) is 6.92 Å². The Morgan fingerprint density at radius 3 is 2.92 bits per heavy atom. The first-order valence-electron chi connectivity index (χ1n) is 4.15. The molecule has 3 heteroatoms. The van der Waals surface area contributed by atoms with E-state index in [2.05, 4.69) is 0 Å². The molecule has 0 spiro atoms. The average Bonchev–Trinajstić information content (AvgIpc) is 2.03. The Morgan fingerprint density at radius 1 is 1.75 bits per heavy atom. The van der Waals surface area contributed by atoms with Gasteiger partial charge in [0.2, 0.25) is 5.91 Å². The monoisotopic (exact) mass is 167 g/mol. The second kappa shape index (κ2) is 3.52. The van der Waals surface area contributed by atoms with Crippen LogP contribution in [0, 0.1) is 0 Å². The lowest BCUT2D eigenvalue weighted by Gasteiger charge is -2.28. The maximum absolute atomic E-state index is 11.0. The summed E-state index contributed by atoms with van der Waals surface area (Å²) in [5, 5.41) is 0. The Kier molecular flexibility index (Phi) is 2.63. The van der Waals surface area contributed by atoms with Gasteiger partial charge >= 0.3 is 0 Å². The molecule has 1 amide bonds. The Hall–Kier alpha value is -1.12. The van der Waals surface area contributed by atoms with Gasteiger partial charge in [0, 0.05) is 25.6 Å². The molecule has 3 nitrogen and oxygen atoms in total. The minimum Gasteiger partial charge on any atom is -0.316 e. The third-order valence-electron chi connectivity index (χ3n) is 2.09. The molecule has 0 fully saturated rings. The van der Waals surface area contributed by atoms with Crippen molar-refractivity contribution in [2.75, 3.05) is 0 Å². The number of carbonyl (C=O) groups excluding carboxylic acids is 2. The Labute approximate surface area is 72.0 Å². The Morgan fingerprint density at radius 2 is 2.42 bits per heavy atom. The highest BCUT2D eigenvalue weighted by Gasteiger charge is 2.22. The number of amides is 1. The van der Waals surface area contributed by atoms with Gasteiger partial charge in [-0.15, -0.1) is 0 Å². The van der Waals surface area contributed by atoms with Crippen molar-refractivity contribution in [1.29, 1.82) is 0 Å². The van der Waals surface area contributed by atoms with E-state index in [1.54, 1.807) is 11.1 Å². The maximum Gasteiger partial charge on any atom is 0.223 e. The molecule has 0 bridgehead atoms. The third-order valence-corrected chi connectivity index (χ3v) is 2.09. The molecular weight excluding hydrogens is 154 g/mol. The number of ketones is 1. The minimum atomic E-state index is 0.00519. The van der Waals surface area contributed by atoms with Gasteiger partial charge in [-0.3, -0.25) is 9.59 Å². The molecule has 1 atom stereocenters. The number of allylic oxidation sites excluding steroid dienone is 1. The lowest BCUT2D eigenvalue weighted by Crippen LogP contribution is -2.38. The summed E-state index contributed by atoms with van der Waals surface area (Å²) in [7, 11) is 0. The standard InChI is InChI=1S/C9H13NO2/c1-3-8-6-9(12)4-5-10(8)7(2)11/h4-5,8H,3,6H2,1-2H3. The van der Waals surface area contributed by atoms with E-state index in [1.807, 2.05) is 6.92 Å². The van der Waals surface area contributed by atoms with Gasteiger partial charge in [0.05, 0.1) is 0 Å². The van der Waals surface area contributed by atoms with E-state index in [0.717, 1.165) is 6.42 Å². The molecule has 1 heterocycles. The zero-order valence-corrected chi connectivity index (χ0v) is 7.41. The van der Waals surface area contributed by atoms with Crippen molar-refractivity contribution in [2.45, 2.75) is 32.7 Å². The average molecular weight is 167 g/mol. The van der Waals surface area contributed by atoms with E-state index in [1.165, 1.54) is 13.0 Å². The van der Waals surface area contributed by atoms with Crippen LogP contribution < -0.4 is 0 Å². The summed E-state index contributed by atoms with van der Waals surface area (Å²) in [6.45, 7) is 3.50. The van der Waals surface area contributed by atoms with Crippen LogP contribution in [0.15, 0.2) is 12.3 Å². The molecule has 0 saturated heterocycles. The van der Waals surface area contributed by atoms with Gasteiger partial charge < -0.3 is 4.90 Å². The number of nitrogens with zero attached hydrogens (tertiary/aromatic N) is 1. The first-order valence-corrected chi connectivity index (χ1v) is 4.15. The first kappa shape index (κ1) is 8.97. The summed E-state index contributed by atoms with van der Waals surface area (Å²) in [4.78, 5) is 23.6. The highest BCUT2D eigenvalue weighted by molar-refractivity contribution is 5.92. The third kappa shape index (κ3) is 1.72. The summed E-state index contributed by atoms with van der Waals surface area (Å²) in [5.74, 6) is 0.116. The van der Waals surface area contributed by atoms with Crippen molar-refractivity contribution in [3.8, 4) is 0 Å². The summed E-state index contributed by atoms with van der Waals surface area (Å²) >= 11 is 0. The smallest absolute Gasteiger partial charge is 0.223 e. The van der Waals surface area contributed by atoms with Crippen molar-refractivity contribution < 1.29 is 9.59 Å². The van der Waals surface area contributed by atoms with Gasteiger partial charge in [-0.2, -0.15) is 0 Å². The summed E-state index contributed by atoms with van der Waals surface area (Å²) in [5.41, 5.74) is 0. The van der Waals surface area contributed by atoms with Gasteiger partial charge in [0.1, 0.15) is 0 Å². The predicted octanol–water partition coefficient (Wildman–Crippen LogP) is 1.10. The van der Waals surface area contributed by atoms with Crippen LogP contribution in [0.25, 0.3) is 0 Å². The summed E-state index contributed by atoms with van der Waals surface area (Å²) < 4.78 is 0. The molecule has 1 aliphatic heterocycles. The molecule has 0 aromatic carbocycles. The highest BCUT2D eigenvalue weighted by atomic mass is 16.2. The number of carbonyl (C=O) groups is 2. The topological polar surface area (TPSA) is 37.4 Å². The number of rotatable bonds is 1. The van der Waals surface area contributed by atoms with Gasteiger partial charge in [0.25, 0.3) is 0 Å². The molecule has 1 unspecified atom stereocenters. The predicted molar refractivity (Wildman–Crippen MR) is 45.4 cm³/mol. The molecule has 0 saturated carbocycles. The van der Waals surface area contributed by atoms with Crippen LogP contribution in [0.5, 0.6) is 0 Å². The molecule has 0 aliphatic carbocycles. The minimum absolute atomic E-state index is 0.00519. The second-order valence-electron chi connectivity index (χ2n) is 2.97. The van der Waals surface area contributed by atoms with E-state index in [-0.39, 0.29) is 17.7 Å². The van der Waals surface area contributed by atoms with Gasteiger partial charge in [0.15, 0.2) is 5.78 Å². The zero-order valence-electron chi connectivity index (χ0n) is 7.41. The van der Waals surface area contributed by atoms with Crippen LogP contribution >= 0.6 is 0 Å². The Bertz CT molecular complexity index is 233. The SMILES string of the molecule is CCC1CC(=O)C=CN1C(C)=O. The van der Waals surface area contributed by atoms with Crippen LogP contribution in [-0.2, 0) is 9.59 Å². The van der Waals surface area contributed by atoms with E-state index in [9.17, 15) is 9.59 Å². The van der Waals surface area contributed by atoms with Crippen molar-refractivity contribution in [2.24, 2.45) is 0 Å². The molecular formula is C9H13NO2. The number of hydrogen-bond donors (Lipinski definition) is 0. The highest BCUT2D eigenvalue weighted by Crippen LogP contribution is 2.15. The fourth-order valence-electron chi connectivity index (χ4n) is 1.39. The van der Waals surface area contributed by atoms with Gasteiger partial charge in [-0.05, 0) is 12.5 Å². The lowest BCUT2D eigenvalue weighted by molar-refractivity contribution is -0.129. The quantitative estimate of drug-likeness (QED) is 0.586. The molecule has 0 aromatic rings. The van der Waals surface area contributed by atoms with Crippen LogP contribution in [-0.4, -0.2) is 22.6 Å². The van der Waals surface area contributed by atoms with E-state index < -0.39 is 0 Å². The van der Waals surface area contributed by atoms with E-state index >= 15 is 0 Å². The normalized spacial score (nSPS) is 23.0. The largest absolute Gasteiger partial charge is 0.316 e. The molecule has 12 heavy (non-hydrogen) atoms. The zero-order chi connectivity index (χ0) is 9.14. The van der Waals surface area contributed by atoms with Crippen LogP contribution in [0.3, 0.4) is 0 Å². The summed E-state index contributed by atoms with van der Waals surface area (Å²) in [6.07, 6.45) is 4.35. The van der Waals surface area contributed by atoms with Gasteiger partial charge in [-0.25, -0.2) is 0 Å². The Balaban J connectivity index is 2.78. The van der Waals surface area contributed by atoms with Crippen molar-refractivity contribution in [3.05, 3.63) is 12.3 Å². The molecule has 0 aromatic heterocycles. The van der Waals surface area contributed by atoms with Crippen molar-refractivity contribution >= 4 is 11.7 Å². The summed E-state index contributed by atoms with van der Waals surface area (Å²) in [6, 6.07) is 0.0694. The fourth-order valence-corrected chi connectivity index (χ4v) is 1.39. The van der Waals surface area contributed by atoms with Crippen LogP contribution in [0.4, 0.5) is 0 Å². The second-order valence-corrected chi connectivity index (χ2v) is 2.97. The molecule has 66 valence electrons. The van der Waals surface area contributed by atoms with E-state index in [4.69, 9.17) is 0 Å². The molecule has 1 rings (SSSR count). The number of hydrogen-bond acceptors (Lipinski definition) is 2. The first-order chi connectivity index (χ1) is 5.65. The lowest BCUT2D eigenvalue weighted by atomic mass is 10.0.